The molecule has 1 aromatic rings. The third-order valence-electron chi connectivity index (χ3n) is 10.9. The molecule has 0 radical (unpaired) electrons. The Kier molecular flexibility index (Phi) is 6.42. The molecule has 200 valence electrons. The van der Waals surface area contributed by atoms with Gasteiger partial charge in [0, 0.05) is 31.1 Å². The lowest BCUT2D eigenvalue weighted by Gasteiger charge is -2.55. The molecule has 6 rings (SSSR count). The molecule has 0 N–H and O–H groups in total. The first kappa shape index (κ1) is 25.6. The highest BCUT2D eigenvalue weighted by Crippen LogP contribution is 2.70. The summed E-state index contributed by atoms with van der Waals surface area (Å²) in [5.74, 6) is 8.69. The number of Topliss-reactive ketones (excluding diaryl/α,β-unsaturated/α-hetero) is 1. The van der Waals surface area contributed by atoms with Crippen LogP contribution in [0.5, 0.6) is 0 Å². The highest BCUT2D eigenvalue weighted by atomic mass is 16.5. The summed E-state index contributed by atoms with van der Waals surface area (Å²) in [6.45, 7) is 11.8. The van der Waals surface area contributed by atoms with E-state index in [0.717, 1.165) is 58.4 Å². The largest absolute Gasteiger partial charge is 0.378 e. The summed E-state index contributed by atoms with van der Waals surface area (Å²) in [6, 6.07) is 9.21. The molecule has 0 spiro atoms. The minimum atomic E-state index is -0.573. The lowest BCUT2D eigenvalue weighted by molar-refractivity contribution is -0.130. The van der Waals surface area contributed by atoms with Crippen molar-refractivity contribution in [2.24, 2.45) is 28.6 Å². The molecule has 0 aromatic heterocycles. The Hall–Kier alpha value is -2.64. The van der Waals surface area contributed by atoms with Crippen molar-refractivity contribution in [3.05, 3.63) is 52.6 Å². The van der Waals surface area contributed by atoms with Crippen molar-refractivity contribution in [1.82, 2.24) is 0 Å². The Morgan fingerprint density at radius 3 is 2.55 bits per heavy atom. The van der Waals surface area contributed by atoms with E-state index in [2.05, 4.69) is 54.9 Å². The molecule has 1 saturated heterocycles. The number of ether oxygens (including phenoxy) is 1. The number of fused-ring (bicyclic) bond motifs is 4. The van der Waals surface area contributed by atoms with E-state index in [0.29, 0.717) is 24.2 Å². The van der Waals surface area contributed by atoms with E-state index in [1.54, 1.807) is 12.5 Å². The molecule has 3 fully saturated rings. The number of hydrogen-bond donors (Lipinski definition) is 0. The second-order valence-electron chi connectivity index (χ2n) is 12.6. The quantitative estimate of drug-likeness (QED) is 0.449. The molecule has 1 aliphatic heterocycles. The summed E-state index contributed by atoms with van der Waals surface area (Å²) in [5.41, 5.74) is 6.17. The van der Waals surface area contributed by atoms with Crippen LogP contribution in [0.1, 0.15) is 77.7 Å². The lowest BCUT2D eigenvalue weighted by Crippen LogP contribution is -2.50. The lowest BCUT2D eigenvalue weighted by atomic mass is 9.47. The van der Waals surface area contributed by atoms with Gasteiger partial charge in [-0.3, -0.25) is 9.59 Å². The van der Waals surface area contributed by atoms with Gasteiger partial charge in [-0.2, -0.15) is 0 Å². The Balaban J connectivity index is 1.49. The minimum absolute atomic E-state index is 0.171. The highest BCUT2D eigenvalue weighted by molar-refractivity contribution is 5.93. The summed E-state index contributed by atoms with van der Waals surface area (Å²) in [4.78, 5) is 28.3. The van der Waals surface area contributed by atoms with Gasteiger partial charge in [0.25, 0.3) is 0 Å². The number of hydrogen-bond acceptors (Lipinski definition) is 4. The van der Waals surface area contributed by atoms with E-state index in [1.165, 1.54) is 22.4 Å². The predicted molar refractivity (Wildman–Crippen MR) is 151 cm³/mol. The van der Waals surface area contributed by atoms with Crippen molar-refractivity contribution in [2.75, 3.05) is 31.2 Å². The fraction of sp³-hybridized carbons (Fsp3) is 0.588. The van der Waals surface area contributed by atoms with Crippen LogP contribution in [-0.2, 0) is 14.3 Å². The fourth-order valence-electron chi connectivity index (χ4n) is 9.10. The molecule has 4 heteroatoms. The first-order valence-electron chi connectivity index (χ1n) is 14.6. The van der Waals surface area contributed by atoms with Gasteiger partial charge in [0.15, 0.2) is 5.78 Å². The molecular formula is C34H41NO3. The van der Waals surface area contributed by atoms with Crippen LogP contribution >= 0.6 is 0 Å². The standard InChI is InChI=1S/C34H41NO3/c1-5-13-34(23(3)36)14-12-31-29-19-22(2)28-20-26(37)10-11-27(28)32(29)30(21-33(31,34)4)24-6-8-25(9-7-24)35-15-17-38-18-16-35/h6-9,20,22,29-31H,10-12,14-19,21H2,1-4H3/t22?,29-,30+,31-,33-,34+/m0/s1. The summed E-state index contributed by atoms with van der Waals surface area (Å²) in [7, 11) is 0. The first-order valence-corrected chi connectivity index (χ1v) is 14.6. The smallest absolute Gasteiger partial charge is 0.156 e. The van der Waals surface area contributed by atoms with Gasteiger partial charge in [0.05, 0.1) is 18.6 Å². The molecule has 4 aliphatic carbocycles. The molecular weight excluding hydrogens is 470 g/mol. The number of nitrogens with zero attached hydrogens (tertiary/aromatic N) is 1. The van der Waals surface area contributed by atoms with Crippen LogP contribution in [-0.4, -0.2) is 37.9 Å². The molecule has 2 saturated carbocycles. The van der Waals surface area contributed by atoms with Gasteiger partial charge >= 0.3 is 0 Å². The summed E-state index contributed by atoms with van der Waals surface area (Å²) >= 11 is 0. The van der Waals surface area contributed by atoms with Crippen LogP contribution in [0.25, 0.3) is 0 Å². The average molecular weight is 512 g/mol. The summed E-state index contributed by atoms with van der Waals surface area (Å²) in [5, 5.41) is 0. The maximum atomic E-state index is 13.4. The van der Waals surface area contributed by atoms with Crippen molar-refractivity contribution < 1.29 is 14.3 Å². The highest BCUT2D eigenvalue weighted by Gasteiger charge is 2.65. The van der Waals surface area contributed by atoms with Crippen LogP contribution < -0.4 is 4.90 Å². The van der Waals surface area contributed by atoms with E-state index in [1.807, 2.05) is 13.0 Å². The Labute approximate surface area is 227 Å². The molecule has 6 atom stereocenters. The third kappa shape index (κ3) is 3.76. The molecule has 4 nitrogen and oxygen atoms in total. The predicted octanol–water partition coefficient (Wildman–Crippen LogP) is 6.27. The minimum Gasteiger partial charge on any atom is -0.378 e. The van der Waals surface area contributed by atoms with Crippen molar-refractivity contribution in [3.63, 3.8) is 0 Å². The molecule has 1 aromatic carbocycles. The third-order valence-corrected chi connectivity index (χ3v) is 10.9. The number of allylic oxidation sites excluding steroid dienone is 4. The van der Waals surface area contributed by atoms with Crippen molar-refractivity contribution in [2.45, 2.75) is 72.1 Å². The Bertz CT molecular complexity index is 1270. The zero-order valence-corrected chi connectivity index (χ0v) is 23.4. The number of carbonyl (C=O) groups is 2. The van der Waals surface area contributed by atoms with Crippen LogP contribution in [0, 0.1) is 40.4 Å². The van der Waals surface area contributed by atoms with Gasteiger partial charge in [-0.05, 0) is 104 Å². The van der Waals surface area contributed by atoms with E-state index in [9.17, 15) is 9.59 Å². The molecule has 1 heterocycles. The SMILES string of the molecule is CC#C[C@]1(C(C)=O)CC[C@H]2[C@@H]3CC(C)C4=CC(=O)CCC4=C3[C@@H](c3ccc(N4CCOCC4)cc3)C[C@@]21C. The number of morpholine rings is 1. The normalized spacial score (nSPS) is 36.5. The summed E-state index contributed by atoms with van der Waals surface area (Å²) < 4.78 is 5.56. The summed E-state index contributed by atoms with van der Waals surface area (Å²) in [6.07, 6.45) is 7.35. The maximum absolute atomic E-state index is 13.4. The second kappa shape index (κ2) is 9.53. The number of anilines is 1. The Morgan fingerprint density at radius 1 is 1.13 bits per heavy atom. The van der Waals surface area contributed by atoms with Gasteiger partial charge in [-0.1, -0.05) is 37.5 Å². The van der Waals surface area contributed by atoms with Crippen LogP contribution in [0.15, 0.2) is 47.1 Å². The Morgan fingerprint density at radius 2 is 1.87 bits per heavy atom. The van der Waals surface area contributed by atoms with Crippen LogP contribution in [0.2, 0.25) is 0 Å². The van der Waals surface area contributed by atoms with Crippen LogP contribution in [0.3, 0.4) is 0 Å². The van der Waals surface area contributed by atoms with Crippen molar-refractivity contribution in [1.29, 1.82) is 0 Å². The number of carbonyl (C=O) groups excluding carboxylic acids is 2. The zero-order chi connectivity index (χ0) is 26.7. The first-order chi connectivity index (χ1) is 18.3. The fourth-order valence-corrected chi connectivity index (χ4v) is 9.10. The monoisotopic (exact) mass is 511 g/mol. The van der Waals surface area contributed by atoms with Crippen molar-refractivity contribution >= 4 is 17.3 Å². The van der Waals surface area contributed by atoms with Crippen molar-refractivity contribution in [3.8, 4) is 11.8 Å². The van der Waals surface area contributed by atoms with Gasteiger partial charge < -0.3 is 9.64 Å². The zero-order valence-electron chi connectivity index (χ0n) is 23.4. The topological polar surface area (TPSA) is 46.6 Å². The van der Waals surface area contributed by atoms with Gasteiger partial charge in [0.1, 0.15) is 5.78 Å². The number of rotatable bonds is 3. The molecule has 0 amide bonds. The van der Waals surface area contributed by atoms with E-state index >= 15 is 0 Å². The van der Waals surface area contributed by atoms with E-state index in [-0.39, 0.29) is 22.9 Å². The molecule has 1 unspecified atom stereocenters. The maximum Gasteiger partial charge on any atom is 0.156 e. The molecule has 5 aliphatic rings. The second-order valence-corrected chi connectivity index (χ2v) is 12.6. The molecule has 0 bridgehead atoms. The number of ketones is 2. The van der Waals surface area contributed by atoms with E-state index in [4.69, 9.17) is 4.74 Å². The van der Waals surface area contributed by atoms with Gasteiger partial charge in [0.2, 0.25) is 0 Å². The van der Waals surface area contributed by atoms with Gasteiger partial charge in [-0.25, -0.2) is 0 Å². The van der Waals surface area contributed by atoms with E-state index < -0.39 is 5.41 Å². The average Bonchev–Trinajstić information content (AvgIpc) is 3.22. The number of benzene rings is 1. The van der Waals surface area contributed by atoms with Gasteiger partial charge in [-0.15, -0.1) is 5.92 Å². The van der Waals surface area contributed by atoms with Crippen LogP contribution in [0.4, 0.5) is 5.69 Å². The molecule has 38 heavy (non-hydrogen) atoms.